The number of hydrogen-bond acceptors (Lipinski definition) is 5. The summed E-state index contributed by atoms with van der Waals surface area (Å²) in [6, 6.07) is 3.54. The van der Waals surface area contributed by atoms with Crippen LogP contribution in [0.1, 0.15) is 5.56 Å². The van der Waals surface area contributed by atoms with Crippen molar-refractivity contribution in [3.05, 3.63) is 42.6 Å². The average Bonchev–Trinajstić information content (AvgIpc) is 2.95. The molecule has 3 rings (SSSR count). The number of pyridine rings is 1. The smallest absolute Gasteiger partial charge is 0.372 e. The second-order valence-electron chi connectivity index (χ2n) is 4.44. The van der Waals surface area contributed by atoms with Gasteiger partial charge < -0.3 is 15.0 Å². The molecule has 0 spiro atoms. The third-order valence-electron chi connectivity index (χ3n) is 3.03. The summed E-state index contributed by atoms with van der Waals surface area (Å²) in [5.41, 5.74) is 0.488. The van der Waals surface area contributed by atoms with Gasteiger partial charge in [-0.25, -0.2) is 9.97 Å². The summed E-state index contributed by atoms with van der Waals surface area (Å²) in [7, 11) is 1.37. The van der Waals surface area contributed by atoms with Gasteiger partial charge in [-0.1, -0.05) is 0 Å². The predicted molar refractivity (Wildman–Crippen MR) is 75.1 cm³/mol. The van der Waals surface area contributed by atoms with Gasteiger partial charge in [-0.05, 0) is 12.1 Å². The first-order chi connectivity index (χ1) is 10.5. The van der Waals surface area contributed by atoms with Crippen LogP contribution in [0.2, 0.25) is 0 Å². The SMILES string of the molecule is CNc1nc(Nc2cccn3cncc23)ncc1C(F)(F)F. The van der Waals surface area contributed by atoms with Gasteiger partial charge in [0.05, 0.1) is 23.7 Å². The molecule has 0 aromatic carbocycles. The van der Waals surface area contributed by atoms with E-state index >= 15 is 0 Å². The van der Waals surface area contributed by atoms with Crippen LogP contribution >= 0.6 is 0 Å². The number of nitrogens with zero attached hydrogens (tertiary/aromatic N) is 4. The summed E-state index contributed by atoms with van der Waals surface area (Å²) in [5.74, 6) is -0.225. The molecule has 22 heavy (non-hydrogen) atoms. The van der Waals surface area contributed by atoms with Gasteiger partial charge in [0.2, 0.25) is 5.95 Å². The van der Waals surface area contributed by atoms with E-state index in [0.717, 1.165) is 11.7 Å². The summed E-state index contributed by atoms with van der Waals surface area (Å²) in [5, 5.41) is 5.33. The largest absolute Gasteiger partial charge is 0.421 e. The topological polar surface area (TPSA) is 67.1 Å². The minimum atomic E-state index is -4.51. The Bertz CT molecular complexity index is 811. The molecule has 3 aromatic heterocycles. The van der Waals surface area contributed by atoms with E-state index in [2.05, 4.69) is 25.6 Å². The first-order valence-corrected chi connectivity index (χ1v) is 6.29. The van der Waals surface area contributed by atoms with Crippen LogP contribution in [0.25, 0.3) is 5.52 Å². The minimum Gasteiger partial charge on any atom is -0.372 e. The Labute approximate surface area is 123 Å². The highest BCUT2D eigenvalue weighted by atomic mass is 19.4. The van der Waals surface area contributed by atoms with Crippen molar-refractivity contribution in [3.63, 3.8) is 0 Å². The molecule has 9 heteroatoms. The number of nitrogens with one attached hydrogen (secondary N) is 2. The van der Waals surface area contributed by atoms with Gasteiger partial charge in [0.15, 0.2) is 0 Å². The van der Waals surface area contributed by atoms with Crippen molar-refractivity contribution in [1.29, 1.82) is 0 Å². The van der Waals surface area contributed by atoms with E-state index in [1.807, 2.05) is 0 Å². The molecule has 6 nitrogen and oxygen atoms in total. The standard InChI is InChI=1S/C13H11F3N6/c1-17-11-8(13(14,15)16)5-19-12(21-11)20-9-3-2-4-22-7-18-6-10(9)22/h2-7H,1H3,(H2,17,19,20,21). The third-order valence-corrected chi connectivity index (χ3v) is 3.03. The summed E-state index contributed by atoms with van der Waals surface area (Å²) < 4.78 is 40.2. The van der Waals surface area contributed by atoms with Gasteiger partial charge in [-0.15, -0.1) is 0 Å². The first kappa shape index (κ1) is 14.1. The van der Waals surface area contributed by atoms with E-state index in [0.29, 0.717) is 5.69 Å². The maximum absolute atomic E-state index is 12.8. The number of imidazole rings is 1. The molecule has 0 aliphatic carbocycles. The molecule has 0 bridgehead atoms. The number of rotatable bonds is 3. The summed E-state index contributed by atoms with van der Waals surface area (Å²) in [4.78, 5) is 11.6. The van der Waals surface area contributed by atoms with Gasteiger partial charge in [0.1, 0.15) is 11.4 Å². The lowest BCUT2D eigenvalue weighted by molar-refractivity contribution is -0.137. The lowest BCUT2D eigenvalue weighted by Gasteiger charge is -2.13. The van der Waals surface area contributed by atoms with Crippen LogP contribution < -0.4 is 10.6 Å². The average molecular weight is 308 g/mol. The van der Waals surface area contributed by atoms with Crippen LogP contribution in [0.4, 0.5) is 30.6 Å². The fourth-order valence-corrected chi connectivity index (χ4v) is 2.02. The van der Waals surface area contributed by atoms with E-state index in [4.69, 9.17) is 0 Å². The highest BCUT2D eigenvalue weighted by molar-refractivity contribution is 5.74. The molecule has 0 amide bonds. The fourth-order valence-electron chi connectivity index (χ4n) is 2.02. The van der Waals surface area contributed by atoms with Crippen LogP contribution in [-0.4, -0.2) is 26.4 Å². The molecule has 0 aliphatic rings. The number of aromatic nitrogens is 4. The molecule has 114 valence electrons. The molecule has 2 N–H and O–H groups in total. The Morgan fingerprint density at radius 1 is 1.23 bits per heavy atom. The molecule has 3 aromatic rings. The zero-order valence-corrected chi connectivity index (χ0v) is 11.4. The molecule has 0 aliphatic heterocycles. The molecule has 0 unspecified atom stereocenters. The number of hydrogen-bond donors (Lipinski definition) is 2. The van der Waals surface area contributed by atoms with Crippen molar-refractivity contribution in [2.24, 2.45) is 0 Å². The van der Waals surface area contributed by atoms with Gasteiger partial charge in [-0.2, -0.15) is 18.2 Å². The predicted octanol–water partition coefficient (Wildman–Crippen LogP) is 2.93. The molecule has 0 saturated heterocycles. The Balaban J connectivity index is 1.98. The molecule has 0 fully saturated rings. The maximum Gasteiger partial charge on any atom is 0.421 e. The summed E-state index contributed by atoms with van der Waals surface area (Å²) >= 11 is 0. The van der Waals surface area contributed by atoms with Gasteiger partial charge >= 0.3 is 6.18 Å². The quantitative estimate of drug-likeness (QED) is 0.778. The number of anilines is 3. The fraction of sp³-hybridized carbons (Fsp3) is 0.154. The Morgan fingerprint density at radius 3 is 2.77 bits per heavy atom. The second kappa shape index (κ2) is 5.17. The van der Waals surface area contributed by atoms with Crippen molar-refractivity contribution in [1.82, 2.24) is 19.4 Å². The van der Waals surface area contributed by atoms with Crippen molar-refractivity contribution in [2.75, 3.05) is 17.7 Å². The van der Waals surface area contributed by atoms with Crippen molar-refractivity contribution in [2.45, 2.75) is 6.18 Å². The Kier molecular flexibility index (Phi) is 3.32. The van der Waals surface area contributed by atoms with Crippen LogP contribution in [-0.2, 0) is 6.18 Å². The summed E-state index contributed by atoms with van der Waals surface area (Å²) in [6.45, 7) is 0. The molecule has 0 saturated carbocycles. The van der Waals surface area contributed by atoms with E-state index in [1.54, 1.807) is 35.3 Å². The molecule has 3 heterocycles. The van der Waals surface area contributed by atoms with E-state index in [9.17, 15) is 13.2 Å². The van der Waals surface area contributed by atoms with E-state index < -0.39 is 11.7 Å². The lowest BCUT2D eigenvalue weighted by Crippen LogP contribution is -2.12. The molecular formula is C13H11F3N6. The number of fused-ring (bicyclic) bond motifs is 1. The van der Waals surface area contributed by atoms with Crippen LogP contribution in [0.5, 0.6) is 0 Å². The molecular weight excluding hydrogens is 297 g/mol. The van der Waals surface area contributed by atoms with Crippen LogP contribution in [0, 0.1) is 0 Å². The normalized spacial score (nSPS) is 11.6. The van der Waals surface area contributed by atoms with E-state index in [-0.39, 0.29) is 11.8 Å². The van der Waals surface area contributed by atoms with Crippen LogP contribution in [0.3, 0.4) is 0 Å². The van der Waals surface area contributed by atoms with Gasteiger partial charge in [0.25, 0.3) is 0 Å². The lowest BCUT2D eigenvalue weighted by atomic mass is 10.3. The zero-order chi connectivity index (χ0) is 15.7. The van der Waals surface area contributed by atoms with Crippen molar-refractivity contribution < 1.29 is 13.2 Å². The molecule has 0 radical (unpaired) electrons. The minimum absolute atomic E-state index is 0.0617. The highest BCUT2D eigenvalue weighted by Crippen LogP contribution is 2.33. The van der Waals surface area contributed by atoms with Gasteiger partial charge in [0, 0.05) is 19.4 Å². The van der Waals surface area contributed by atoms with Crippen molar-refractivity contribution in [3.8, 4) is 0 Å². The van der Waals surface area contributed by atoms with Crippen molar-refractivity contribution >= 4 is 23.0 Å². The number of alkyl halides is 3. The zero-order valence-electron chi connectivity index (χ0n) is 11.4. The van der Waals surface area contributed by atoms with Crippen LogP contribution in [0.15, 0.2) is 37.1 Å². The maximum atomic E-state index is 12.8. The van der Waals surface area contributed by atoms with Gasteiger partial charge in [-0.3, -0.25) is 0 Å². The third kappa shape index (κ3) is 2.52. The van der Waals surface area contributed by atoms with E-state index in [1.165, 1.54) is 7.05 Å². The Morgan fingerprint density at radius 2 is 2.05 bits per heavy atom. The monoisotopic (exact) mass is 308 g/mol. The first-order valence-electron chi connectivity index (χ1n) is 6.29. The summed E-state index contributed by atoms with van der Waals surface area (Å²) in [6.07, 6.45) is 1.29. The second-order valence-corrected chi connectivity index (χ2v) is 4.44. The highest BCUT2D eigenvalue weighted by Gasteiger charge is 2.35. The Hall–Kier alpha value is -2.84. The molecule has 0 atom stereocenters. The number of halogens is 3.